The highest BCUT2D eigenvalue weighted by Crippen LogP contribution is 2.06. The Morgan fingerprint density at radius 3 is 2.40 bits per heavy atom. The summed E-state index contributed by atoms with van der Waals surface area (Å²) >= 11 is 0. The second-order valence-corrected chi connectivity index (χ2v) is 3.73. The summed E-state index contributed by atoms with van der Waals surface area (Å²) in [5, 5.41) is 2.64. The van der Waals surface area contributed by atoms with Crippen LogP contribution in [0.2, 0.25) is 0 Å². The van der Waals surface area contributed by atoms with Crippen molar-refractivity contribution in [2.45, 2.75) is 19.4 Å². The van der Waals surface area contributed by atoms with Crippen LogP contribution in [0.5, 0.6) is 0 Å². The van der Waals surface area contributed by atoms with Crippen molar-refractivity contribution < 1.29 is 9.18 Å². The number of benzene rings is 1. The maximum Gasteiger partial charge on any atom is 0.252 e. The summed E-state index contributed by atoms with van der Waals surface area (Å²) in [4.78, 5) is 11.6. The molecule has 1 aromatic carbocycles. The molecule has 0 atom stereocenters. The van der Waals surface area contributed by atoms with Crippen LogP contribution < -0.4 is 5.32 Å². The van der Waals surface area contributed by atoms with Crippen molar-refractivity contribution in [3.8, 4) is 12.3 Å². The summed E-state index contributed by atoms with van der Waals surface area (Å²) < 4.78 is 12.6. The predicted molar refractivity (Wildman–Crippen MR) is 56.8 cm³/mol. The van der Waals surface area contributed by atoms with Crippen molar-refractivity contribution in [2.24, 2.45) is 0 Å². The van der Waals surface area contributed by atoms with Gasteiger partial charge < -0.3 is 5.32 Å². The van der Waals surface area contributed by atoms with Crippen LogP contribution in [0.3, 0.4) is 0 Å². The summed E-state index contributed by atoms with van der Waals surface area (Å²) in [7, 11) is 0. The van der Waals surface area contributed by atoms with E-state index >= 15 is 0 Å². The van der Waals surface area contributed by atoms with E-state index in [1.54, 1.807) is 13.8 Å². The Kier molecular flexibility index (Phi) is 3.11. The summed E-state index contributed by atoms with van der Waals surface area (Å²) in [5.41, 5.74) is -0.314. The number of terminal acetylenes is 1. The lowest BCUT2D eigenvalue weighted by molar-refractivity contribution is 0.0930. The Labute approximate surface area is 88.5 Å². The zero-order valence-electron chi connectivity index (χ0n) is 8.67. The van der Waals surface area contributed by atoms with E-state index in [1.165, 1.54) is 24.3 Å². The molecule has 0 aliphatic heterocycles. The largest absolute Gasteiger partial charge is 0.336 e. The third-order valence-corrected chi connectivity index (χ3v) is 1.89. The Bertz CT molecular complexity index is 401. The average Bonchev–Trinajstić information content (AvgIpc) is 2.18. The number of hydrogen-bond donors (Lipinski definition) is 1. The first-order valence-electron chi connectivity index (χ1n) is 4.50. The van der Waals surface area contributed by atoms with E-state index in [2.05, 4.69) is 11.2 Å². The minimum atomic E-state index is -0.703. The first-order chi connectivity index (χ1) is 6.94. The van der Waals surface area contributed by atoms with Gasteiger partial charge in [-0.05, 0) is 38.1 Å². The molecule has 15 heavy (non-hydrogen) atoms. The molecule has 0 bridgehead atoms. The quantitative estimate of drug-likeness (QED) is 0.735. The lowest BCUT2D eigenvalue weighted by Crippen LogP contribution is -2.42. The monoisotopic (exact) mass is 205 g/mol. The second-order valence-electron chi connectivity index (χ2n) is 3.73. The van der Waals surface area contributed by atoms with E-state index in [-0.39, 0.29) is 11.7 Å². The third kappa shape index (κ3) is 3.10. The topological polar surface area (TPSA) is 29.1 Å². The zero-order chi connectivity index (χ0) is 11.5. The molecule has 3 heteroatoms. The van der Waals surface area contributed by atoms with Crippen molar-refractivity contribution in [1.29, 1.82) is 0 Å². The first kappa shape index (κ1) is 11.3. The zero-order valence-corrected chi connectivity index (χ0v) is 8.67. The molecule has 0 saturated carbocycles. The molecule has 1 N–H and O–H groups in total. The van der Waals surface area contributed by atoms with Gasteiger partial charge in [-0.3, -0.25) is 4.79 Å². The molecule has 1 rings (SSSR count). The van der Waals surface area contributed by atoms with Crippen LogP contribution in [0.4, 0.5) is 4.39 Å². The van der Waals surface area contributed by atoms with Gasteiger partial charge in [0, 0.05) is 5.56 Å². The van der Waals surface area contributed by atoms with Gasteiger partial charge in [-0.25, -0.2) is 4.39 Å². The van der Waals surface area contributed by atoms with E-state index in [0.717, 1.165) is 0 Å². The summed E-state index contributed by atoms with van der Waals surface area (Å²) in [6.07, 6.45) is 5.23. The SMILES string of the molecule is C#CC(C)(C)NC(=O)c1ccc(F)cc1. The molecule has 0 unspecified atom stereocenters. The van der Waals surface area contributed by atoms with Gasteiger partial charge in [-0.1, -0.05) is 5.92 Å². The van der Waals surface area contributed by atoms with Crippen LogP contribution >= 0.6 is 0 Å². The van der Waals surface area contributed by atoms with E-state index < -0.39 is 5.54 Å². The highest BCUT2D eigenvalue weighted by Gasteiger charge is 2.17. The van der Waals surface area contributed by atoms with Gasteiger partial charge in [0.05, 0.1) is 5.54 Å². The summed E-state index contributed by atoms with van der Waals surface area (Å²) in [5.74, 6) is 1.77. The Hall–Kier alpha value is -1.82. The molecule has 0 spiro atoms. The number of amides is 1. The highest BCUT2D eigenvalue weighted by molar-refractivity contribution is 5.94. The van der Waals surface area contributed by atoms with Gasteiger partial charge in [-0.2, -0.15) is 0 Å². The van der Waals surface area contributed by atoms with Gasteiger partial charge in [0.2, 0.25) is 0 Å². The Morgan fingerprint density at radius 1 is 1.40 bits per heavy atom. The number of carbonyl (C=O) groups excluding carboxylic acids is 1. The number of hydrogen-bond acceptors (Lipinski definition) is 1. The Morgan fingerprint density at radius 2 is 1.93 bits per heavy atom. The molecule has 0 aliphatic carbocycles. The fraction of sp³-hybridized carbons (Fsp3) is 0.250. The van der Waals surface area contributed by atoms with Crippen LogP contribution in [0.15, 0.2) is 24.3 Å². The van der Waals surface area contributed by atoms with E-state index in [0.29, 0.717) is 5.56 Å². The normalized spacial score (nSPS) is 10.5. The van der Waals surface area contributed by atoms with Gasteiger partial charge in [-0.15, -0.1) is 6.42 Å². The fourth-order valence-corrected chi connectivity index (χ4v) is 0.993. The predicted octanol–water partition coefficient (Wildman–Crippen LogP) is 1.97. The maximum atomic E-state index is 12.6. The molecule has 0 aliphatic rings. The summed E-state index contributed by atoms with van der Waals surface area (Å²) in [6, 6.07) is 5.30. The molecule has 0 aromatic heterocycles. The van der Waals surface area contributed by atoms with Crippen molar-refractivity contribution in [2.75, 3.05) is 0 Å². The van der Waals surface area contributed by atoms with E-state index in [1.807, 2.05) is 0 Å². The van der Waals surface area contributed by atoms with Gasteiger partial charge >= 0.3 is 0 Å². The molecule has 1 aromatic rings. The average molecular weight is 205 g/mol. The van der Waals surface area contributed by atoms with E-state index in [9.17, 15) is 9.18 Å². The first-order valence-corrected chi connectivity index (χ1v) is 4.50. The number of rotatable bonds is 2. The van der Waals surface area contributed by atoms with Crippen molar-refractivity contribution in [1.82, 2.24) is 5.32 Å². The van der Waals surface area contributed by atoms with Crippen LogP contribution in [0, 0.1) is 18.2 Å². The van der Waals surface area contributed by atoms with Gasteiger partial charge in [0.25, 0.3) is 5.91 Å². The number of carbonyl (C=O) groups is 1. The lowest BCUT2D eigenvalue weighted by Gasteiger charge is -2.19. The smallest absolute Gasteiger partial charge is 0.252 e. The lowest BCUT2D eigenvalue weighted by atomic mass is 10.1. The maximum absolute atomic E-state index is 12.6. The molecule has 0 heterocycles. The molecular formula is C12H12FNO. The third-order valence-electron chi connectivity index (χ3n) is 1.89. The minimum absolute atomic E-state index is 0.307. The number of halogens is 1. The van der Waals surface area contributed by atoms with E-state index in [4.69, 9.17) is 6.42 Å². The Balaban J connectivity index is 2.79. The fourth-order valence-electron chi connectivity index (χ4n) is 0.993. The standard InChI is InChI=1S/C12H12FNO/c1-4-12(2,3)14-11(15)9-5-7-10(13)8-6-9/h1,5-8H,2-3H3,(H,14,15). The molecular weight excluding hydrogens is 193 g/mol. The van der Waals surface area contributed by atoms with Crippen molar-refractivity contribution in [3.63, 3.8) is 0 Å². The van der Waals surface area contributed by atoms with Gasteiger partial charge in [0.15, 0.2) is 0 Å². The number of nitrogens with one attached hydrogen (secondary N) is 1. The molecule has 0 radical (unpaired) electrons. The van der Waals surface area contributed by atoms with Crippen LogP contribution in [-0.2, 0) is 0 Å². The molecule has 78 valence electrons. The highest BCUT2D eigenvalue weighted by atomic mass is 19.1. The molecule has 0 fully saturated rings. The molecule has 1 amide bonds. The van der Waals surface area contributed by atoms with Gasteiger partial charge in [0.1, 0.15) is 5.82 Å². The minimum Gasteiger partial charge on any atom is -0.336 e. The van der Waals surface area contributed by atoms with Crippen LogP contribution in [0.1, 0.15) is 24.2 Å². The van der Waals surface area contributed by atoms with Crippen LogP contribution in [-0.4, -0.2) is 11.4 Å². The van der Waals surface area contributed by atoms with Crippen molar-refractivity contribution >= 4 is 5.91 Å². The molecule has 0 saturated heterocycles. The van der Waals surface area contributed by atoms with Crippen molar-refractivity contribution in [3.05, 3.63) is 35.6 Å². The van der Waals surface area contributed by atoms with Crippen LogP contribution in [0.25, 0.3) is 0 Å². The summed E-state index contributed by atoms with van der Waals surface area (Å²) in [6.45, 7) is 3.43. The second kappa shape index (κ2) is 4.14. The molecule has 2 nitrogen and oxygen atoms in total.